The van der Waals surface area contributed by atoms with Crippen molar-refractivity contribution >= 4 is 11.6 Å². The Balaban J connectivity index is 2.15. The van der Waals surface area contributed by atoms with Gasteiger partial charge in [0.15, 0.2) is 0 Å². The van der Waals surface area contributed by atoms with Crippen molar-refractivity contribution < 1.29 is 4.74 Å². The standard InChI is InChI=1S/C11H16ClNO/c1-2-13-8-3-9-14-11-6-4-10(12)5-7-11/h4-7,13H,2-3,8-9H2,1H3. The van der Waals surface area contributed by atoms with Crippen LogP contribution in [0, 0.1) is 0 Å². The van der Waals surface area contributed by atoms with Gasteiger partial charge in [0, 0.05) is 5.02 Å². The molecule has 0 fully saturated rings. The van der Waals surface area contributed by atoms with Crippen LogP contribution in [0.1, 0.15) is 13.3 Å². The Hall–Kier alpha value is -0.730. The monoisotopic (exact) mass is 213 g/mol. The highest BCUT2D eigenvalue weighted by atomic mass is 35.5. The minimum Gasteiger partial charge on any atom is -0.494 e. The fourth-order valence-corrected chi connectivity index (χ4v) is 1.22. The minimum atomic E-state index is 0.741. The highest BCUT2D eigenvalue weighted by Crippen LogP contribution is 2.15. The highest BCUT2D eigenvalue weighted by molar-refractivity contribution is 6.30. The van der Waals surface area contributed by atoms with Gasteiger partial charge in [-0.1, -0.05) is 18.5 Å². The zero-order valence-corrected chi connectivity index (χ0v) is 9.18. The van der Waals surface area contributed by atoms with Crippen molar-refractivity contribution in [2.75, 3.05) is 19.7 Å². The maximum Gasteiger partial charge on any atom is 0.119 e. The highest BCUT2D eigenvalue weighted by Gasteiger charge is 1.93. The number of benzene rings is 1. The van der Waals surface area contributed by atoms with Crippen LogP contribution in [0.4, 0.5) is 0 Å². The Kier molecular flexibility index (Phi) is 5.42. The van der Waals surface area contributed by atoms with Gasteiger partial charge in [-0.15, -0.1) is 0 Å². The number of rotatable bonds is 6. The molecule has 0 aliphatic carbocycles. The maximum absolute atomic E-state index is 5.75. The summed E-state index contributed by atoms with van der Waals surface area (Å²) in [6.07, 6.45) is 1.02. The summed E-state index contributed by atoms with van der Waals surface area (Å²) >= 11 is 5.75. The van der Waals surface area contributed by atoms with Crippen LogP contribution in [0.25, 0.3) is 0 Å². The van der Waals surface area contributed by atoms with E-state index in [0.29, 0.717) is 0 Å². The molecule has 0 unspecified atom stereocenters. The van der Waals surface area contributed by atoms with Crippen LogP contribution in [0.5, 0.6) is 5.75 Å². The summed E-state index contributed by atoms with van der Waals surface area (Å²) < 4.78 is 5.51. The van der Waals surface area contributed by atoms with Gasteiger partial charge in [0.05, 0.1) is 6.61 Å². The third-order valence-corrected chi connectivity index (χ3v) is 2.08. The lowest BCUT2D eigenvalue weighted by molar-refractivity contribution is 0.309. The largest absolute Gasteiger partial charge is 0.494 e. The molecule has 0 aliphatic heterocycles. The molecule has 1 aromatic carbocycles. The van der Waals surface area contributed by atoms with Crippen LogP contribution in [0.3, 0.4) is 0 Å². The van der Waals surface area contributed by atoms with E-state index in [1.807, 2.05) is 24.3 Å². The average Bonchev–Trinajstić information content (AvgIpc) is 2.21. The van der Waals surface area contributed by atoms with E-state index in [1.165, 1.54) is 0 Å². The molecular weight excluding hydrogens is 198 g/mol. The van der Waals surface area contributed by atoms with E-state index in [9.17, 15) is 0 Å². The van der Waals surface area contributed by atoms with Gasteiger partial charge in [-0.2, -0.15) is 0 Å². The number of hydrogen-bond donors (Lipinski definition) is 1. The van der Waals surface area contributed by atoms with Crippen molar-refractivity contribution in [1.29, 1.82) is 0 Å². The van der Waals surface area contributed by atoms with Crippen LogP contribution < -0.4 is 10.1 Å². The van der Waals surface area contributed by atoms with Crippen molar-refractivity contribution in [1.82, 2.24) is 5.32 Å². The molecule has 1 N–H and O–H groups in total. The fourth-order valence-electron chi connectivity index (χ4n) is 1.09. The van der Waals surface area contributed by atoms with Gasteiger partial charge in [0.2, 0.25) is 0 Å². The van der Waals surface area contributed by atoms with Gasteiger partial charge in [0.25, 0.3) is 0 Å². The Labute approximate surface area is 90.2 Å². The molecule has 2 nitrogen and oxygen atoms in total. The van der Waals surface area contributed by atoms with Crippen LogP contribution in [-0.4, -0.2) is 19.7 Å². The number of nitrogens with one attached hydrogen (secondary N) is 1. The van der Waals surface area contributed by atoms with Crippen molar-refractivity contribution in [3.8, 4) is 5.75 Å². The first kappa shape index (κ1) is 11.3. The molecule has 78 valence electrons. The van der Waals surface area contributed by atoms with Gasteiger partial charge in [0.1, 0.15) is 5.75 Å². The molecule has 0 spiro atoms. The van der Waals surface area contributed by atoms with Gasteiger partial charge in [-0.25, -0.2) is 0 Å². The van der Waals surface area contributed by atoms with Crippen molar-refractivity contribution in [3.05, 3.63) is 29.3 Å². The lowest BCUT2D eigenvalue weighted by Gasteiger charge is -2.05. The molecule has 0 aromatic heterocycles. The molecule has 14 heavy (non-hydrogen) atoms. The summed E-state index contributed by atoms with van der Waals surface area (Å²) in [4.78, 5) is 0. The topological polar surface area (TPSA) is 21.3 Å². The Bertz CT molecular complexity index is 248. The van der Waals surface area contributed by atoms with Gasteiger partial charge in [-0.05, 0) is 43.8 Å². The predicted molar refractivity (Wildman–Crippen MR) is 60.1 cm³/mol. The summed E-state index contributed by atoms with van der Waals surface area (Å²) in [5.74, 6) is 0.880. The second kappa shape index (κ2) is 6.68. The van der Waals surface area contributed by atoms with E-state index >= 15 is 0 Å². The lowest BCUT2D eigenvalue weighted by atomic mass is 10.3. The van der Waals surface area contributed by atoms with Crippen molar-refractivity contribution in [3.63, 3.8) is 0 Å². The number of ether oxygens (including phenoxy) is 1. The van der Waals surface area contributed by atoms with Gasteiger partial charge >= 0.3 is 0 Å². The summed E-state index contributed by atoms with van der Waals surface area (Å²) in [5.41, 5.74) is 0. The molecule has 0 saturated heterocycles. The van der Waals surface area contributed by atoms with E-state index in [-0.39, 0.29) is 0 Å². The first-order valence-electron chi connectivity index (χ1n) is 4.92. The Morgan fingerprint density at radius 3 is 2.64 bits per heavy atom. The third-order valence-electron chi connectivity index (χ3n) is 1.83. The molecule has 1 rings (SSSR count). The number of halogens is 1. The van der Waals surface area contributed by atoms with E-state index in [0.717, 1.165) is 36.9 Å². The Morgan fingerprint density at radius 2 is 2.00 bits per heavy atom. The molecule has 0 bridgehead atoms. The first-order valence-corrected chi connectivity index (χ1v) is 5.30. The molecule has 0 radical (unpaired) electrons. The summed E-state index contributed by atoms with van der Waals surface area (Å²) in [6.45, 7) is 4.86. The molecule has 0 amide bonds. The van der Waals surface area contributed by atoms with Crippen LogP contribution >= 0.6 is 11.6 Å². The average molecular weight is 214 g/mol. The second-order valence-corrected chi connectivity index (χ2v) is 3.45. The molecule has 0 heterocycles. The Morgan fingerprint density at radius 1 is 1.29 bits per heavy atom. The normalized spacial score (nSPS) is 10.1. The molecule has 0 atom stereocenters. The zero-order chi connectivity index (χ0) is 10.2. The smallest absolute Gasteiger partial charge is 0.119 e. The summed E-state index contributed by atoms with van der Waals surface area (Å²) in [5, 5.41) is 3.98. The minimum absolute atomic E-state index is 0.741. The van der Waals surface area contributed by atoms with Crippen LogP contribution in [0.15, 0.2) is 24.3 Å². The SMILES string of the molecule is CCNCCCOc1ccc(Cl)cc1. The number of hydrogen-bond acceptors (Lipinski definition) is 2. The third kappa shape index (κ3) is 4.49. The summed E-state index contributed by atoms with van der Waals surface area (Å²) in [6, 6.07) is 7.44. The maximum atomic E-state index is 5.75. The predicted octanol–water partition coefficient (Wildman–Crippen LogP) is 2.72. The van der Waals surface area contributed by atoms with E-state index in [1.54, 1.807) is 0 Å². The van der Waals surface area contributed by atoms with Gasteiger partial charge in [-0.3, -0.25) is 0 Å². The van der Waals surface area contributed by atoms with E-state index in [2.05, 4.69) is 12.2 Å². The fraction of sp³-hybridized carbons (Fsp3) is 0.455. The molecule has 1 aromatic rings. The second-order valence-electron chi connectivity index (χ2n) is 3.01. The van der Waals surface area contributed by atoms with E-state index < -0.39 is 0 Å². The molecule has 0 saturated carbocycles. The molecule has 0 aliphatic rings. The van der Waals surface area contributed by atoms with Gasteiger partial charge < -0.3 is 10.1 Å². The van der Waals surface area contributed by atoms with Crippen LogP contribution in [-0.2, 0) is 0 Å². The summed E-state index contributed by atoms with van der Waals surface area (Å²) in [7, 11) is 0. The molecular formula is C11H16ClNO. The lowest BCUT2D eigenvalue weighted by Crippen LogP contribution is -2.16. The van der Waals surface area contributed by atoms with E-state index in [4.69, 9.17) is 16.3 Å². The van der Waals surface area contributed by atoms with Crippen molar-refractivity contribution in [2.24, 2.45) is 0 Å². The zero-order valence-electron chi connectivity index (χ0n) is 8.42. The first-order chi connectivity index (χ1) is 6.83. The van der Waals surface area contributed by atoms with Crippen LogP contribution in [0.2, 0.25) is 5.02 Å². The quantitative estimate of drug-likeness (QED) is 0.734. The molecule has 3 heteroatoms. The van der Waals surface area contributed by atoms with Crippen molar-refractivity contribution in [2.45, 2.75) is 13.3 Å².